The van der Waals surface area contributed by atoms with E-state index in [4.69, 9.17) is 4.74 Å². The summed E-state index contributed by atoms with van der Waals surface area (Å²) in [5.74, 6) is 0.828. The number of ether oxygens (including phenoxy) is 1. The molecule has 0 saturated heterocycles. The normalized spacial score (nSPS) is 10.4. The second-order valence-corrected chi connectivity index (χ2v) is 4.26. The molecule has 0 radical (unpaired) electrons. The van der Waals surface area contributed by atoms with Gasteiger partial charge in [0.1, 0.15) is 5.75 Å². The van der Waals surface area contributed by atoms with Gasteiger partial charge in [0.05, 0.1) is 12.8 Å². The van der Waals surface area contributed by atoms with Crippen molar-refractivity contribution in [1.82, 2.24) is 4.98 Å². The summed E-state index contributed by atoms with van der Waals surface area (Å²) in [6.45, 7) is 0. The summed E-state index contributed by atoms with van der Waals surface area (Å²) in [5.41, 5.74) is 1.97. The van der Waals surface area contributed by atoms with Gasteiger partial charge in [-0.15, -0.1) is 0 Å². The third kappa shape index (κ3) is 2.36. The molecule has 0 bridgehead atoms. The van der Waals surface area contributed by atoms with Crippen LogP contribution in [0.5, 0.6) is 5.75 Å². The topological polar surface area (TPSA) is 34.1 Å². The average Bonchev–Trinajstić information content (AvgIpc) is 2.48. The number of nitrogens with one attached hydrogen (secondary N) is 1. The molecule has 3 aromatic rings. The van der Waals surface area contributed by atoms with Crippen LogP contribution < -0.4 is 10.1 Å². The predicted octanol–water partition coefficient (Wildman–Crippen LogP) is 3.99. The molecule has 3 heteroatoms. The van der Waals surface area contributed by atoms with E-state index in [-0.39, 0.29) is 0 Å². The maximum Gasteiger partial charge on any atom is 0.142 e. The van der Waals surface area contributed by atoms with Crippen molar-refractivity contribution in [3.05, 3.63) is 60.9 Å². The summed E-state index contributed by atoms with van der Waals surface area (Å²) in [6.07, 6.45) is 3.67. The maximum absolute atomic E-state index is 5.33. The third-order valence-corrected chi connectivity index (χ3v) is 3.03. The predicted molar refractivity (Wildman–Crippen MR) is 78.0 cm³/mol. The molecule has 19 heavy (non-hydrogen) atoms. The van der Waals surface area contributed by atoms with Gasteiger partial charge in [-0.05, 0) is 35.7 Å². The van der Waals surface area contributed by atoms with Gasteiger partial charge < -0.3 is 10.1 Å². The summed E-state index contributed by atoms with van der Waals surface area (Å²) in [6, 6.07) is 16.1. The first-order valence-electron chi connectivity index (χ1n) is 6.10. The van der Waals surface area contributed by atoms with Crippen LogP contribution in [0.2, 0.25) is 0 Å². The standard InChI is InChI=1S/C16H14N2O/c1-19-16-5-3-2-4-15(16)18-14-7-6-12-8-9-17-11-13(12)10-14/h2-11,18H,1H3. The van der Waals surface area contributed by atoms with Crippen LogP contribution in [0.15, 0.2) is 60.9 Å². The van der Waals surface area contributed by atoms with Gasteiger partial charge >= 0.3 is 0 Å². The van der Waals surface area contributed by atoms with Crippen LogP contribution in [-0.2, 0) is 0 Å². The zero-order valence-corrected chi connectivity index (χ0v) is 10.6. The van der Waals surface area contributed by atoms with E-state index in [0.29, 0.717) is 0 Å². The Morgan fingerprint density at radius 2 is 1.89 bits per heavy atom. The van der Waals surface area contributed by atoms with E-state index in [1.165, 1.54) is 5.39 Å². The fourth-order valence-corrected chi connectivity index (χ4v) is 2.07. The lowest BCUT2D eigenvalue weighted by Gasteiger charge is -2.11. The van der Waals surface area contributed by atoms with Crippen LogP contribution in [-0.4, -0.2) is 12.1 Å². The number of rotatable bonds is 3. The number of nitrogens with zero attached hydrogens (tertiary/aromatic N) is 1. The second-order valence-electron chi connectivity index (χ2n) is 4.26. The lowest BCUT2D eigenvalue weighted by Crippen LogP contribution is -1.94. The van der Waals surface area contributed by atoms with Crippen molar-refractivity contribution in [2.75, 3.05) is 12.4 Å². The molecule has 0 spiro atoms. The van der Waals surface area contributed by atoms with Crippen LogP contribution in [0.1, 0.15) is 0 Å². The fourth-order valence-electron chi connectivity index (χ4n) is 2.07. The maximum atomic E-state index is 5.33. The molecular formula is C16H14N2O. The molecule has 0 amide bonds. The summed E-state index contributed by atoms with van der Waals surface area (Å²) < 4.78 is 5.33. The van der Waals surface area contributed by atoms with Gasteiger partial charge in [0.15, 0.2) is 0 Å². The number of methoxy groups -OCH3 is 1. The molecule has 2 aromatic carbocycles. The zero-order valence-electron chi connectivity index (χ0n) is 10.6. The Hall–Kier alpha value is -2.55. The van der Waals surface area contributed by atoms with E-state index >= 15 is 0 Å². The molecule has 0 unspecified atom stereocenters. The Labute approximate surface area is 111 Å². The highest BCUT2D eigenvalue weighted by Gasteiger charge is 2.02. The van der Waals surface area contributed by atoms with Crippen LogP contribution in [0.3, 0.4) is 0 Å². The molecule has 3 rings (SSSR count). The molecule has 0 saturated carbocycles. The van der Waals surface area contributed by atoms with Crippen molar-refractivity contribution in [3.8, 4) is 5.75 Å². The summed E-state index contributed by atoms with van der Waals surface area (Å²) >= 11 is 0. The van der Waals surface area contributed by atoms with Crippen LogP contribution in [0.4, 0.5) is 11.4 Å². The van der Waals surface area contributed by atoms with Gasteiger partial charge in [-0.25, -0.2) is 0 Å². The number of hydrogen-bond acceptors (Lipinski definition) is 3. The SMILES string of the molecule is COc1ccccc1Nc1ccc2ccncc2c1. The highest BCUT2D eigenvalue weighted by Crippen LogP contribution is 2.28. The number of benzene rings is 2. The molecule has 3 nitrogen and oxygen atoms in total. The molecule has 0 fully saturated rings. The number of anilines is 2. The molecule has 94 valence electrons. The molecule has 1 heterocycles. The molecule has 0 aliphatic carbocycles. The Morgan fingerprint density at radius 1 is 1.00 bits per heavy atom. The Morgan fingerprint density at radius 3 is 2.79 bits per heavy atom. The van der Waals surface area contributed by atoms with Crippen molar-refractivity contribution in [3.63, 3.8) is 0 Å². The van der Waals surface area contributed by atoms with Crippen LogP contribution in [0.25, 0.3) is 10.8 Å². The van der Waals surface area contributed by atoms with Gasteiger partial charge in [-0.3, -0.25) is 4.98 Å². The molecular weight excluding hydrogens is 236 g/mol. The van der Waals surface area contributed by atoms with Gasteiger partial charge in [-0.1, -0.05) is 18.2 Å². The Bertz CT molecular complexity index is 710. The first-order chi connectivity index (χ1) is 9.36. The molecule has 1 aromatic heterocycles. The minimum atomic E-state index is 0.828. The third-order valence-electron chi connectivity index (χ3n) is 3.03. The smallest absolute Gasteiger partial charge is 0.142 e. The zero-order chi connectivity index (χ0) is 13.1. The van der Waals surface area contributed by atoms with Crippen molar-refractivity contribution in [1.29, 1.82) is 0 Å². The van der Waals surface area contributed by atoms with Gasteiger partial charge in [0.25, 0.3) is 0 Å². The number of aromatic nitrogens is 1. The number of fused-ring (bicyclic) bond motifs is 1. The van der Waals surface area contributed by atoms with E-state index in [9.17, 15) is 0 Å². The minimum absolute atomic E-state index is 0.828. The first kappa shape index (κ1) is 11.5. The highest BCUT2D eigenvalue weighted by molar-refractivity contribution is 5.86. The van der Waals surface area contributed by atoms with Gasteiger partial charge in [-0.2, -0.15) is 0 Å². The first-order valence-corrected chi connectivity index (χ1v) is 6.10. The van der Waals surface area contributed by atoms with Crippen LogP contribution in [0, 0.1) is 0 Å². The molecule has 1 N–H and O–H groups in total. The fraction of sp³-hybridized carbons (Fsp3) is 0.0625. The van der Waals surface area contributed by atoms with E-state index in [0.717, 1.165) is 22.5 Å². The summed E-state index contributed by atoms with van der Waals surface area (Å²) in [4.78, 5) is 4.14. The monoisotopic (exact) mass is 250 g/mol. The quantitative estimate of drug-likeness (QED) is 0.763. The number of para-hydroxylation sites is 2. The van der Waals surface area contributed by atoms with E-state index in [2.05, 4.69) is 28.5 Å². The molecule has 0 aliphatic heterocycles. The van der Waals surface area contributed by atoms with E-state index in [1.54, 1.807) is 13.3 Å². The Kier molecular flexibility index (Phi) is 3.02. The average molecular weight is 250 g/mol. The van der Waals surface area contributed by atoms with E-state index < -0.39 is 0 Å². The van der Waals surface area contributed by atoms with E-state index in [1.807, 2.05) is 36.5 Å². The van der Waals surface area contributed by atoms with Crippen molar-refractivity contribution >= 4 is 22.1 Å². The van der Waals surface area contributed by atoms with Crippen molar-refractivity contribution in [2.45, 2.75) is 0 Å². The lowest BCUT2D eigenvalue weighted by molar-refractivity contribution is 0.417. The summed E-state index contributed by atoms with van der Waals surface area (Å²) in [5, 5.41) is 5.66. The highest BCUT2D eigenvalue weighted by atomic mass is 16.5. The van der Waals surface area contributed by atoms with Gasteiger partial charge in [0.2, 0.25) is 0 Å². The molecule has 0 atom stereocenters. The number of pyridine rings is 1. The summed E-state index contributed by atoms with van der Waals surface area (Å²) in [7, 11) is 1.67. The minimum Gasteiger partial charge on any atom is -0.495 e. The van der Waals surface area contributed by atoms with Crippen LogP contribution >= 0.6 is 0 Å². The van der Waals surface area contributed by atoms with Gasteiger partial charge in [0, 0.05) is 23.5 Å². The molecule has 0 aliphatic rings. The second kappa shape index (κ2) is 4.98. The largest absolute Gasteiger partial charge is 0.495 e. The number of hydrogen-bond donors (Lipinski definition) is 1. The lowest BCUT2D eigenvalue weighted by atomic mass is 10.1. The van der Waals surface area contributed by atoms with Crippen molar-refractivity contribution in [2.24, 2.45) is 0 Å². The van der Waals surface area contributed by atoms with Crippen molar-refractivity contribution < 1.29 is 4.74 Å². The Balaban J connectivity index is 1.96.